The van der Waals surface area contributed by atoms with E-state index in [1.165, 1.54) is 19.5 Å². The molecule has 1 N–H and O–H groups in total. The molecule has 4 aromatic heterocycles. The van der Waals surface area contributed by atoms with Crippen LogP contribution in [0.15, 0.2) is 36.9 Å². The Labute approximate surface area is 196 Å². The number of rotatable bonds is 5. The third-order valence-corrected chi connectivity index (χ3v) is 5.81. The third kappa shape index (κ3) is 3.34. The number of hydrogen-bond donors (Lipinski definition) is 1. The molecule has 0 unspecified atom stereocenters. The highest BCUT2D eigenvalue weighted by Crippen LogP contribution is 2.48. The Hall–Kier alpha value is -4.55. The van der Waals surface area contributed by atoms with Crippen LogP contribution in [0.3, 0.4) is 0 Å². The average Bonchev–Trinajstić information content (AvgIpc) is 3.56. The lowest BCUT2D eigenvalue weighted by atomic mass is 9.86. The van der Waals surface area contributed by atoms with Crippen LogP contribution in [-0.2, 0) is 7.05 Å². The summed E-state index contributed by atoms with van der Waals surface area (Å²) in [4.78, 5) is 9.22. The number of methoxy groups -OCH3 is 1. The molecule has 0 spiro atoms. The predicted molar refractivity (Wildman–Crippen MR) is 117 cm³/mol. The summed E-state index contributed by atoms with van der Waals surface area (Å²) in [6.45, 7) is -1.05. The maximum Gasteiger partial charge on any atom is 0.387 e. The minimum Gasteiger partial charge on any atom is -0.493 e. The summed E-state index contributed by atoms with van der Waals surface area (Å²) in [5, 5.41) is 16.2. The van der Waals surface area contributed by atoms with Crippen LogP contribution in [0.1, 0.15) is 28.3 Å². The molecule has 35 heavy (non-hydrogen) atoms. The number of H-pyrrole nitrogens is 1. The minimum atomic E-state index is -2.97. The van der Waals surface area contributed by atoms with Gasteiger partial charge in [-0.3, -0.25) is 9.78 Å². The largest absolute Gasteiger partial charge is 0.493 e. The molecule has 1 aromatic carbocycles. The summed E-state index contributed by atoms with van der Waals surface area (Å²) in [5.41, 5.74) is 4.41. The molecule has 13 heteroatoms. The van der Waals surface area contributed by atoms with Crippen molar-refractivity contribution in [1.29, 1.82) is 0 Å². The second-order valence-electron chi connectivity index (χ2n) is 7.96. The van der Waals surface area contributed by atoms with Gasteiger partial charge in [-0.1, -0.05) is 0 Å². The first kappa shape index (κ1) is 21.0. The van der Waals surface area contributed by atoms with Crippen LogP contribution in [0.4, 0.5) is 8.78 Å². The highest BCUT2D eigenvalue weighted by atomic mass is 19.3. The third-order valence-electron chi connectivity index (χ3n) is 5.81. The summed E-state index contributed by atoms with van der Waals surface area (Å²) >= 11 is 0. The van der Waals surface area contributed by atoms with Gasteiger partial charge in [0.1, 0.15) is 6.33 Å². The highest BCUT2D eigenvalue weighted by Gasteiger charge is 2.37. The van der Waals surface area contributed by atoms with Crippen LogP contribution in [0, 0.1) is 6.92 Å². The van der Waals surface area contributed by atoms with E-state index in [4.69, 9.17) is 14.5 Å². The van der Waals surface area contributed by atoms with Gasteiger partial charge in [0.05, 0.1) is 24.8 Å². The molecule has 0 saturated heterocycles. The highest BCUT2D eigenvalue weighted by molar-refractivity contribution is 5.69. The summed E-state index contributed by atoms with van der Waals surface area (Å²) in [6, 6.07) is 4.52. The van der Waals surface area contributed by atoms with E-state index in [2.05, 4.69) is 30.1 Å². The quantitative estimate of drug-likeness (QED) is 0.399. The number of halogens is 2. The molecule has 0 saturated carbocycles. The van der Waals surface area contributed by atoms with E-state index < -0.39 is 6.61 Å². The Morgan fingerprint density at radius 1 is 1.17 bits per heavy atom. The van der Waals surface area contributed by atoms with Crippen molar-refractivity contribution in [3.05, 3.63) is 59.3 Å². The van der Waals surface area contributed by atoms with Gasteiger partial charge in [0.2, 0.25) is 11.8 Å². The molecule has 0 aliphatic carbocycles. The fraction of sp³-hybridized carbons (Fsp3) is 0.227. The van der Waals surface area contributed by atoms with Gasteiger partial charge in [-0.15, -0.1) is 10.2 Å². The Bertz CT molecular complexity index is 1570. The van der Waals surface area contributed by atoms with Crippen molar-refractivity contribution >= 4 is 5.65 Å². The van der Waals surface area contributed by atoms with Crippen LogP contribution in [0.25, 0.3) is 17.0 Å². The Morgan fingerprint density at radius 3 is 2.77 bits per heavy atom. The van der Waals surface area contributed by atoms with E-state index in [0.29, 0.717) is 34.4 Å². The Morgan fingerprint density at radius 2 is 2.03 bits per heavy atom. The molecule has 5 heterocycles. The maximum absolute atomic E-state index is 12.7. The normalized spacial score (nSPS) is 14.6. The number of aromatic nitrogens is 8. The molecule has 5 aromatic rings. The van der Waals surface area contributed by atoms with Gasteiger partial charge in [-0.05, 0) is 25.1 Å². The molecule has 6 rings (SSSR count). The molecule has 0 radical (unpaired) electrons. The second kappa shape index (κ2) is 7.75. The summed E-state index contributed by atoms with van der Waals surface area (Å²) < 4.78 is 44.4. The van der Waals surface area contributed by atoms with Crippen LogP contribution < -0.4 is 14.2 Å². The molecule has 0 amide bonds. The van der Waals surface area contributed by atoms with Crippen LogP contribution in [-0.4, -0.2) is 53.3 Å². The molecule has 11 nitrogen and oxygen atoms in total. The number of aryl methyl sites for hydroxylation is 2. The minimum absolute atomic E-state index is 0.0814. The smallest absolute Gasteiger partial charge is 0.387 e. The molecule has 1 atom stereocenters. The number of fused-ring (bicyclic) bond motifs is 4. The van der Waals surface area contributed by atoms with E-state index in [9.17, 15) is 8.78 Å². The fourth-order valence-corrected chi connectivity index (χ4v) is 4.31. The zero-order chi connectivity index (χ0) is 24.3. The van der Waals surface area contributed by atoms with E-state index in [1.807, 2.05) is 20.2 Å². The van der Waals surface area contributed by atoms with Crippen LogP contribution in [0.5, 0.6) is 23.3 Å². The van der Waals surface area contributed by atoms with E-state index in [0.717, 1.165) is 16.8 Å². The van der Waals surface area contributed by atoms with Crippen molar-refractivity contribution in [3.63, 3.8) is 0 Å². The maximum atomic E-state index is 12.7. The number of alkyl halides is 2. The SMILES string of the molecule is COc1cc(-c2nc3c4c(ncn3n2)Oc2n[nH]c(C)c2[C@H]4c2cnn(C)c2)ccc1OC(F)F. The number of benzene rings is 1. The van der Waals surface area contributed by atoms with Crippen molar-refractivity contribution in [2.45, 2.75) is 19.5 Å². The molecular formula is C22H18F2N8O3. The number of nitrogens with one attached hydrogen (secondary N) is 1. The standard InChI is InChI=1S/C22H18F2N8O3/c1-10-15-16(12-7-26-31(2)8-12)17-19-27-18(11-4-5-13(34-22(23)24)14(6-11)33-3)30-32(19)9-25-20(17)35-21(15)29-28-10/h4-9,16,22H,1-3H3,(H,28,29)/t16-/m1/s1. The zero-order valence-electron chi connectivity index (χ0n) is 18.7. The summed E-state index contributed by atoms with van der Waals surface area (Å²) in [5.74, 6) is 0.911. The van der Waals surface area contributed by atoms with Crippen molar-refractivity contribution in [2.75, 3.05) is 7.11 Å². The van der Waals surface area contributed by atoms with Crippen molar-refractivity contribution in [3.8, 4) is 34.6 Å². The Balaban J connectivity index is 1.52. The van der Waals surface area contributed by atoms with Crippen molar-refractivity contribution in [2.24, 2.45) is 7.05 Å². The topological polar surface area (TPSA) is 117 Å². The number of nitrogens with zero attached hydrogens (tertiary/aromatic N) is 7. The zero-order valence-corrected chi connectivity index (χ0v) is 18.7. The van der Waals surface area contributed by atoms with Gasteiger partial charge in [0, 0.05) is 35.6 Å². The van der Waals surface area contributed by atoms with Gasteiger partial charge in [0.15, 0.2) is 23.0 Å². The van der Waals surface area contributed by atoms with Gasteiger partial charge in [-0.2, -0.15) is 13.9 Å². The molecule has 0 bridgehead atoms. The number of ether oxygens (including phenoxy) is 3. The van der Waals surface area contributed by atoms with Crippen molar-refractivity contribution < 1.29 is 23.0 Å². The van der Waals surface area contributed by atoms with Crippen LogP contribution in [0.2, 0.25) is 0 Å². The lowest BCUT2D eigenvalue weighted by molar-refractivity contribution is -0.0512. The number of aromatic amines is 1. The van der Waals surface area contributed by atoms with Gasteiger partial charge in [-0.25, -0.2) is 14.5 Å². The average molecular weight is 480 g/mol. The first-order chi connectivity index (χ1) is 16.9. The molecular weight excluding hydrogens is 462 g/mol. The van der Waals surface area contributed by atoms with Crippen molar-refractivity contribution in [1.82, 2.24) is 39.6 Å². The fourth-order valence-electron chi connectivity index (χ4n) is 4.31. The lowest BCUT2D eigenvalue weighted by Crippen LogP contribution is -2.14. The van der Waals surface area contributed by atoms with Crippen LogP contribution >= 0.6 is 0 Å². The van der Waals surface area contributed by atoms with E-state index in [1.54, 1.807) is 27.5 Å². The van der Waals surface area contributed by atoms with E-state index >= 15 is 0 Å². The monoisotopic (exact) mass is 480 g/mol. The Kier molecular flexibility index (Phi) is 4.65. The molecule has 1 aliphatic heterocycles. The lowest BCUT2D eigenvalue weighted by Gasteiger charge is -2.24. The molecule has 1 aliphatic rings. The van der Waals surface area contributed by atoms with Gasteiger partial charge in [0.25, 0.3) is 0 Å². The van der Waals surface area contributed by atoms with Gasteiger partial charge >= 0.3 is 6.61 Å². The first-order valence-electron chi connectivity index (χ1n) is 10.5. The van der Waals surface area contributed by atoms with E-state index in [-0.39, 0.29) is 17.4 Å². The molecule has 0 fully saturated rings. The predicted octanol–water partition coefficient (Wildman–Crippen LogP) is 3.45. The summed E-state index contributed by atoms with van der Waals surface area (Å²) in [6.07, 6.45) is 5.20. The van der Waals surface area contributed by atoms with Gasteiger partial charge < -0.3 is 14.2 Å². The number of hydrogen-bond acceptors (Lipinski definition) is 8. The second-order valence-corrected chi connectivity index (χ2v) is 7.96. The summed E-state index contributed by atoms with van der Waals surface area (Å²) in [7, 11) is 3.21. The first-order valence-corrected chi connectivity index (χ1v) is 10.5. The molecule has 178 valence electrons.